The summed E-state index contributed by atoms with van der Waals surface area (Å²) in [6, 6.07) is 11.6. The minimum Gasteiger partial charge on any atom is -0.326 e. The minimum absolute atomic E-state index is 0.115. The number of carbonyl (C=O) groups excluding carboxylic acids is 4. The number of benzene rings is 2. The number of ketones is 1. The maximum Gasteiger partial charge on any atom is 0.330 e. The summed E-state index contributed by atoms with van der Waals surface area (Å²) >= 11 is 5.81. The van der Waals surface area contributed by atoms with Crippen molar-refractivity contribution in [3.8, 4) is 0 Å². The predicted molar refractivity (Wildman–Crippen MR) is 117 cm³/mol. The van der Waals surface area contributed by atoms with Crippen LogP contribution in [0, 0.1) is 5.82 Å². The fraction of sp³-hybridized carbons (Fsp3) is 0.190. The second kappa shape index (κ2) is 12.3. The molecular formula is C21H21ClFN5O4. The first-order valence-corrected chi connectivity index (χ1v) is 9.87. The first-order chi connectivity index (χ1) is 15.3. The molecule has 11 heteroatoms. The molecule has 2 aromatic rings. The Bertz CT molecular complexity index is 1010. The summed E-state index contributed by atoms with van der Waals surface area (Å²) in [5.74, 6) is 1.55. The van der Waals surface area contributed by atoms with Crippen molar-refractivity contribution in [3.63, 3.8) is 0 Å². The lowest BCUT2D eigenvalue weighted by Gasteiger charge is -2.08. The lowest BCUT2D eigenvalue weighted by Crippen LogP contribution is -2.41. The zero-order valence-corrected chi connectivity index (χ0v) is 17.6. The molecule has 5 N–H and O–H groups in total. The van der Waals surface area contributed by atoms with Crippen molar-refractivity contribution in [2.45, 2.75) is 25.7 Å². The van der Waals surface area contributed by atoms with E-state index in [4.69, 9.17) is 17.4 Å². The Morgan fingerprint density at radius 2 is 1.59 bits per heavy atom. The molecule has 2 aromatic carbocycles. The lowest BCUT2D eigenvalue weighted by atomic mass is 10.0. The smallest absolute Gasteiger partial charge is 0.326 e. The Balaban J connectivity index is 1.98. The Morgan fingerprint density at radius 3 is 2.22 bits per heavy atom. The predicted octanol–water partition coefficient (Wildman–Crippen LogP) is 2.32. The summed E-state index contributed by atoms with van der Waals surface area (Å²) < 4.78 is 13.1. The number of rotatable bonds is 9. The molecule has 0 aliphatic rings. The summed E-state index contributed by atoms with van der Waals surface area (Å²) in [4.78, 5) is 47.4. The molecule has 0 unspecified atom stereocenters. The Hall–Kier alpha value is -3.63. The van der Waals surface area contributed by atoms with E-state index in [0.717, 1.165) is 12.1 Å². The lowest BCUT2D eigenvalue weighted by molar-refractivity contribution is -0.139. The molecule has 32 heavy (non-hydrogen) atoms. The molecule has 0 radical (unpaired) electrons. The molecule has 0 saturated heterocycles. The standard InChI is InChI=1S/C21H21ClFN5O4/c22-14-6-10-16(11-7-14)25-19(30)3-1-2-17(27-28-21(32)20(31)26-24)12-18(29)13-4-8-15(23)9-5-13/h4-11H,1-3,12,24H2,(H,25,30)(H,26,31)(H,28,32). The van der Waals surface area contributed by atoms with Gasteiger partial charge in [0.25, 0.3) is 0 Å². The number of halogens is 2. The number of nitrogens with zero attached hydrogens (tertiary/aromatic N) is 1. The van der Waals surface area contributed by atoms with Gasteiger partial charge in [0.05, 0.1) is 6.42 Å². The van der Waals surface area contributed by atoms with Crippen LogP contribution in [0.25, 0.3) is 0 Å². The van der Waals surface area contributed by atoms with Gasteiger partial charge in [-0.15, -0.1) is 0 Å². The van der Waals surface area contributed by atoms with E-state index in [-0.39, 0.29) is 42.2 Å². The van der Waals surface area contributed by atoms with Crippen molar-refractivity contribution in [2.75, 3.05) is 5.32 Å². The number of nitrogens with one attached hydrogen (secondary N) is 3. The number of hydrazine groups is 1. The Labute approximate surface area is 188 Å². The van der Waals surface area contributed by atoms with Gasteiger partial charge in [-0.1, -0.05) is 11.6 Å². The average Bonchev–Trinajstić information content (AvgIpc) is 2.78. The maximum atomic E-state index is 13.1. The van der Waals surface area contributed by atoms with Crippen LogP contribution in [0.4, 0.5) is 10.1 Å². The highest BCUT2D eigenvalue weighted by Crippen LogP contribution is 2.14. The molecule has 0 heterocycles. The molecule has 168 valence electrons. The summed E-state index contributed by atoms with van der Waals surface area (Å²) in [5.41, 5.74) is 4.75. The van der Waals surface area contributed by atoms with Gasteiger partial charge in [0.15, 0.2) is 5.78 Å². The topological polar surface area (TPSA) is 143 Å². The third-order valence-electron chi connectivity index (χ3n) is 4.18. The van der Waals surface area contributed by atoms with E-state index >= 15 is 0 Å². The number of carbonyl (C=O) groups is 4. The SMILES string of the molecule is NNC(=O)C(=O)NN=C(CCCC(=O)Nc1ccc(Cl)cc1)CC(=O)c1ccc(F)cc1. The zero-order valence-electron chi connectivity index (χ0n) is 16.9. The number of amides is 3. The molecule has 0 bridgehead atoms. The number of hydrazone groups is 1. The third-order valence-corrected chi connectivity index (χ3v) is 4.43. The quantitative estimate of drug-likeness (QED) is 0.113. The first kappa shape index (κ1) is 24.6. The summed E-state index contributed by atoms with van der Waals surface area (Å²) in [5, 5.41) is 7.08. The fourth-order valence-electron chi connectivity index (χ4n) is 2.56. The number of hydrogen-bond acceptors (Lipinski definition) is 6. The van der Waals surface area contributed by atoms with E-state index in [1.54, 1.807) is 29.7 Å². The molecule has 0 aliphatic carbocycles. The van der Waals surface area contributed by atoms with Gasteiger partial charge in [-0.25, -0.2) is 15.7 Å². The normalized spacial score (nSPS) is 10.9. The third kappa shape index (κ3) is 8.25. The van der Waals surface area contributed by atoms with E-state index in [2.05, 4.69) is 10.4 Å². The second-order valence-electron chi connectivity index (χ2n) is 6.61. The minimum atomic E-state index is -1.11. The highest BCUT2D eigenvalue weighted by molar-refractivity contribution is 6.35. The van der Waals surface area contributed by atoms with Gasteiger partial charge >= 0.3 is 11.8 Å². The van der Waals surface area contributed by atoms with Gasteiger partial charge < -0.3 is 5.32 Å². The highest BCUT2D eigenvalue weighted by Gasteiger charge is 2.15. The summed E-state index contributed by atoms with van der Waals surface area (Å²) in [6.07, 6.45) is 0.415. The van der Waals surface area contributed by atoms with Crippen LogP contribution >= 0.6 is 11.6 Å². The van der Waals surface area contributed by atoms with Crippen molar-refractivity contribution < 1.29 is 23.6 Å². The second-order valence-corrected chi connectivity index (χ2v) is 7.04. The molecule has 0 aliphatic heterocycles. The largest absolute Gasteiger partial charge is 0.330 e. The van der Waals surface area contributed by atoms with Crippen LogP contribution in [0.3, 0.4) is 0 Å². The summed E-state index contributed by atoms with van der Waals surface area (Å²) in [6.45, 7) is 0. The van der Waals surface area contributed by atoms with Crippen molar-refractivity contribution in [1.82, 2.24) is 10.9 Å². The van der Waals surface area contributed by atoms with Crippen LogP contribution in [0.1, 0.15) is 36.0 Å². The van der Waals surface area contributed by atoms with Crippen LogP contribution in [0.15, 0.2) is 53.6 Å². The van der Waals surface area contributed by atoms with Crippen LogP contribution in [-0.2, 0) is 14.4 Å². The van der Waals surface area contributed by atoms with Crippen LogP contribution in [0.5, 0.6) is 0 Å². The van der Waals surface area contributed by atoms with Gasteiger partial charge in [0.2, 0.25) is 5.91 Å². The monoisotopic (exact) mass is 461 g/mol. The van der Waals surface area contributed by atoms with Crippen LogP contribution in [0.2, 0.25) is 5.02 Å². The number of nitrogens with two attached hydrogens (primary N) is 1. The molecule has 0 saturated carbocycles. The fourth-order valence-corrected chi connectivity index (χ4v) is 2.69. The average molecular weight is 462 g/mol. The van der Waals surface area contributed by atoms with E-state index in [1.807, 2.05) is 5.43 Å². The summed E-state index contributed by atoms with van der Waals surface area (Å²) in [7, 11) is 0. The Morgan fingerprint density at radius 1 is 0.938 bits per heavy atom. The van der Waals surface area contributed by atoms with Gasteiger partial charge in [-0.05, 0) is 61.4 Å². The van der Waals surface area contributed by atoms with E-state index in [1.165, 1.54) is 12.1 Å². The maximum absolute atomic E-state index is 13.1. The first-order valence-electron chi connectivity index (χ1n) is 9.49. The molecule has 3 amide bonds. The van der Waals surface area contributed by atoms with Gasteiger partial charge in [0.1, 0.15) is 5.82 Å². The van der Waals surface area contributed by atoms with Gasteiger partial charge in [-0.2, -0.15) is 5.10 Å². The molecular weight excluding hydrogens is 441 g/mol. The van der Waals surface area contributed by atoms with Crippen LogP contribution < -0.4 is 22.0 Å². The van der Waals surface area contributed by atoms with E-state index < -0.39 is 17.6 Å². The van der Waals surface area contributed by atoms with Crippen molar-refractivity contribution in [2.24, 2.45) is 10.9 Å². The molecule has 0 atom stereocenters. The van der Waals surface area contributed by atoms with Gasteiger partial charge in [-0.3, -0.25) is 24.6 Å². The molecule has 2 rings (SSSR count). The van der Waals surface area contributed by atoms with E-state index in [9.17, 15) is 23.6 Å². The van der Waals surface area contributed by atoms with Crippen molar-refractivity contribution >= 4 is 46.5 Å². The Kier molecular flexibility index (Phi) is 9.45. The van der Waals surface area contributed by atoms with Crippen LogP contribution in [-0.4, -0.2) is 29.2 Å². The highest BCUT2D eigenvalue weighted by atomic mass is 35.5. The molecule has 9 nitrogen and oxygen atoms in total. The number of hydrogen-bond donors (Lipinski definition) is 4. The van der Waals surface area contributed by atoms with Crippen molar-refractivity contribution in [3.05, 3.63) is 64.9 Å². The van der Waals surface area contributed by atoms with E-state index in [0.29, 0.717) is 17.1 Å². The molecule has 0 fully saturated rings. The number of Topliss-reactive ketones (excluding diaryl/α,β-unsaturated/α-hetero) is 1. The molecule has 0 aromatic heterocycles. The molecule has 0 spiro atoms. The van der Waals surface area contributed by atoms with Gasteiger partial charge in [0, 0.05) is 28.4 Å². The zero-order chi connectivity index (χ0) is 23.5. The van der Waals surface area contributed by atoms with Crippen molar-refractivity contribution in [1.29, 1.82) is 0 Å². The number of anilines is 1.